The molecule has 7 heteroatoms. The molecule has 2 aromatic rings. The molecule has 1 aliphatic rings. The lowest BCUT2D eigenvalue weighted by atomic mass is 9.85. The first-order chi connectivity index (χ1) is 10.1. The molecule has 0 radical (unpaired) electrons. The molecule has 1 aliphatic carbocycles. The summed E-state index contributed by atoms with van der Waals surface area (Å²) in [6.07, 6.45) is 2.34. The third-order valence-corrected chi connectivity index (χ3v) is 4.22. The summed E-state index contributed by atoms with van der Waals surface area (Å²) in [5.41, 5.74) is 0.0491. The number of hydrogen-bond acceptors (Lipinski definition) is 5. The summed E-state index contributed by atoms with van der Waals surface area (Å²) in [6.45, 7) is 1.77. The molecule has 110 valence electrons. The molecule has 0 spiro atoms. The molecule has 1 fully saturated rings. The van der Waals surface area contributed by atoms with E-state index >= 15 is 0 Å². The zero-order valence-corrected chi connectivity index (χ0v) is 11.7. The fourth-order valence-electron chi connectivity index (χ4n) is 2.83. The van der Waals surface area contributed by atoms with Gasteiger partial charge < -0.3 is 10.4 Å². The number of aliphatic carboxylic acids is 1. The van der Waals surface area contributed by atoms with E-state index in [0.717, 1.165) is 18.5 Å². The van der Waals surface area contributed by atoms with E-state index in [2.05, 4.69) is 20.8 Å². The number of carbonyl (C=O) groups is 1. The van der Waals surface area contributed by atoms with Crippen molar-refractivity contribution in [3.8, 4) is 5.69 Å². The van der Waals surface area contributed by atoms with Gasteiger partial charge in [-0.15, -0.1) is 0 Å². The van der Waals surface area contributed by atoms with E-state index in [-0.39, 0.29) is 6.04 Å². The van der Waals surface area contributed by atoms with E-state index < -0.39 is 11.4 Å². The highest BCUT2D eigenvalue weighted by Crippen LogP contribution is 2.39. The number of nitrogens with zero attached hydrogens (tertiary/aromatic N) is 4. The minimum atomic E-state index is -0.784. The van der Waals surface area contributed by atoms with Gasteiger partial charge in [0.05, 0.1) is 11.1 Å². The Morgan fingerprint density at radius 2 is 2.19 bits per heavy atom. The van der Waals surface area contributed by atoms with E-state index in [1.807, 2.05) is 30.3 Å². The van der Waals surface area contributed by atoms with Crippen LogP contribution in [0.3, 0.4) is 0 Å². The SMILES string of the molecule is CC1(C(=O)O)CCCC1Nc1nnnn1-c1ccccc1. The predicted molar refractivity (Wildman–Crippen MR) is 76.2 cm³/mol. The van der Waals surface area contributed by atoms with Crippen molar-refractivity contribution in [1.29, 1.82) is 0 Å². The van der Waals surface area contributed by atoms with Crippen LogP contribution >= 0.6 is 0 Å². The first-order valence-electron chi connectivity index (χ1n) is 6.95. The lowest BCUT2D eigenvalue weighted by Gasteiger charge is -2.27. The molecule has 3 rings (SSSR count). The minimum absolute atomic E-state index is 0.177. The van der Waals surface area contributed by atoms with Gasteiger partial charge in [-0.3, -0.25) is 4.79 Å². The third kappa shape index (κ3) is 2.35. The van der Waals surface area contributed by atoms with Crippen molar-refractivity contribution < 1.29 is 9.90 Å². The highest BCUT2D eigenvalue weighted by Gasteiger charge is 2.45. The molecule has 2 N–H and O–H groups in total. The zero-order chi connectivity index (χ0) is 14.9. The van der Waals surface area contributed by atoms with E-state index in [4.69, 9.17) is 0 Å². The van der Waals surface area contributed by atoms with Gasteiger partial charge in [0.25, 0.3) is 0 Å². The lowest BCUT2D eigenvalue weighted by Crippen LogP contribution is -2.40. The highest BCUT2D eigenvalue weighted by molar-refractivity contribution is 5.76. The molecule has 0 saturated heterocycles. The van der Waals surface area contributed by atoms with Crippen molar-refractivity contribution in [2.24, 2.45) is 5.41 Å². The van der Waals surface area contributed by atoms with Crippen LogP contribution in [0.15, 0.2) is 30.3 Å². The summed E-state index contributed by atoms with van der Waals surface area (Å²) in [5.74, 6) is -0.309. The van der Waals surface area contributed by atoms with Gasteiger partial charge in [0.15, 0.2) is 0 Å². The normalized spacial score (nSPS) is 24.9. The maximum atomic E-state index is 11.5. The molecule has 21 heavy (non-hydrogen) atoms. The molecule has 1 aromatic carbocycles. The number of anilines is 1. The third-order valence-electron chi connectivity index (χ3n) is 4.22. The second-order valence-corrected chi connectivity index (χ2v) is 5.56. The number of aromatic nitrogens is 4. The second-order valence-electron chi connectivity index (χ2n) is 5.56. The Morgan fingerprint density at radius 3 is 2.90 bits per heavy atom. The standard InChI is InChI=1S/C14H17N5O2/c1-14(12(20)21)9-5-8-11(14)15-13-16-17-18-19(13)10-6-3-2-4-7-10/h2-4,6-7,11H,5,8-9H2,1H3,(H,20,21)(H,15,16,18). The maximum Gasteiger partial charge on any atom is 0.311 e. The summed E-state index contributed by atoms with van der Waals surface area (Å²) in [7, 11) is 0. The summed E-state index contributed by atoms with van der Waals surface area (Å²) in [6, 6.07) is 9.33. The topological polar surface area (TPSA) is 92.9 Å². The van der Waals surface area contributed by atoms with Gasteiger partial charge in [-0.2, -0.15) is 4.68 Å². The van der Waals surface area contributed by atoms with Gasteiger partial charge >= 0.3 is 5.97 Å². The fourth-order valence-corrected chi connectivity index (χ4v) is 2.83. The average Bonchev–Trinajstić information content (AvgIpc) is 3.09. The maximum absolute atomic E-state index is 11.5. The van der Waals surface area contributed by atoms with Crippen LogP contribution in [-0.4, -0.2) is 37.3 Å². The Labute approximate surface area is 122 Å². The fraction of sp³-hybridized carbons (Fsp3) is 0.429. The molecular weight excluding hydrogens is 270 g/mol. The first kappa shape index (κ1) is 13.5. The number of tetrazole rings is 1. The first-order valence-corrected chi connectivity index (χ1v) is 6.95. The number of rotatable bonds is 4. The Bertz CT molecular complexity index is 642. The smallest absolute Gasteiger partial charge is 0.311 e. The molecule has 1 saturated carbocycles. The zero-order valence-electron chi connectivity index (χ0n) is 11.7. The number of carboxylic acid groups (broad SMARTS) is 1. The predicted octanol–water partition coefficient (Wildman–Crippen LogP) is 1.72. The van der Waals surface area contributed by atoms with Gasteiger partial charge in [0, 0.05) is 6.04 Å². The number of benzene rings is 1. The Morgan fingerprint density at radius 1 is 1.43 bits per heavy atom. The number of para-hydroxylation sites is 1. The van der Waals surface area contributed by atoms with Crippen LogP contribution in [0.25, 0.3) is 5.69 Å². The molecule has 0 bridgehead atoms. The van der Waals surface area contributed by atoms with Crippen LogP contribution in [0.1, 0.15) is 26.2 Å². The van der Waals surface area contributed by atoms with Gasteiger partial charge in [0.2, 0.25) is 5.95 Å². The van der Waals surface area contributed by atoms with Crippen LogP contribution in [0.5, 0.6) is 0 Å². The number of carboxylic acids is 1. The molecule has 2 atom stereocenters. The molecule has 7 nitrogen and oxygen atoms in total. The van der Waals surface area contributed by atoms with Crippen molar-refractivity contribution in [1.82, 2.24) is 20.2 Å². The van der Waals surface area contributed by atoms with Crippen molar-refractivity contribution in [2.75, 3.05) is 5.32 Å². The van der Waals surface area contributed by atoms with Crippen LogP contribution < -0.4 is 5.32 Å². The summed E-state index contributed by atoms with van der Waals surface area (Å²) in [5, 5.41) is 24.3. The van der Waals surface area contributed by atoms with Crippen LogP contribution in [-0.2, 0) is 4.79 Å². The van der Waals surface area contributed by atoms with E-state index in [9.17, 15) is 9.90 Å². The molecule has 0 aliphatic heterocycles. The van der Waals surface area contributed by atoms with Crippen molar-refractivity contribution >= 4 is 11.9 Å². The summed E-state index contributed by atoms with van der Waals surface area (Å²) >= 11 is 0. The van der Waals surface area contributed by atoms with E-state index in [0.29, 0.717) is 12.4 Å². The lowest BCUT2D eigenvalue weighted by molar-refractivity contribution is -0.147. The van der Waals surface area contributed by atoms with Gasteiger partial charge in [-0.25, -0.2) is 0 Å². The van der Waals surface area contributed by atoms with Crippen LogP contribution in [0.2, 0.25) is 0 Å². The van der Waals surface area contributed by atoms with E-state index in [1.54, 1.807) is 11.6 Å². The highest BCUT2D eigenvalue weighted by atomic mass is 16.4. The van der Waals surface area contributed by atoms with Crippen LogP contribution in [0, 0.1) is 5.41 Å². The van der Waals surface area contributed by atoms with Crippen LogP contribution in [0.4, 0.5) is 5.95 Å². The monoisotopic (exact) mass is 287 g/mol. The van der Waals surface area contributed by atoms with Crippen molar-refractivity contribution in [2.45, 2.75) is 32.2 Å². The molecule has 1 aromatic heterocycles. The molecule has 0 amide bonds. The molecule has 1 heterocycles. The van der Waals surface area contributed by atoms with Gasteiger partial charge in [-0.1, -0.05) is 29.7 Å². The van der Waals surface area contributed by atoms with Crippen molar-refractivity contribution in [3.63, 3.8) is 0 Å². The average molecular weight is 287 g/mol. The largest absolute Gasteiger partial charge is 0.481 e. The Hall–Kier alpha value is -2.44. The number of hydrogen-bond donors (Lipinski definition) is 2. The molecular formula is C14H17N5O2. The Kier molecular flexibility index (Phi) is 3.32. The van der Waals surface area contributed by atoms with Gasteiger partial charge in [-0.05, 0) is 42.3 Å². The molecule has 2 unspecified atom stereocenters. The van der Waals surface area contributed by atoms with E-state index in [1.165, 1.54) is 0 Å². The number of nitrogens with one attached hydrogen (secondary N) is 1. The second kappa shape index (κ2) is 5.16. The van der Waals surface area contributed by atoms with Crippen molar-refractivity contribution in [3.05, 3.63) is 30.3 Å². The quantitative estimate of drug-likeness (QED) is 0.889. The van der Waals surface area contributed by atoms with Gasteiger partial charge in [0.1, 0.15) is 0 Å². The minimum Gasteiger partial charge on any atom is -0.481 e. The Balaban J connectivity index is 1.87. The summed E-state index contributed by atoms with van der Waals surface area (Å²) < 4.78 is 1.58. The summed E-state index contributed by atoms with van der Waals surface area (Å²) in [4.78, 5) is 11.5.